The van der Waals surface area contributed by atoms with Crippen LogP contribution in [0.2, 0.25) is 0 Å². The van der Waals surface area contributed by atoms with Crippen LogP contribution in [0.15, 0.2) is 18.4 Å². The van der Waals surface area contributed by atoms with Crippen molar-refractivity contribution in [3.05, 3.63) is 35.5 Å². The lowest BCUT2D eigenvalue weighted by Crippen LogP contribution is -2.29. The van der Waals surface area contributed by atoms with Gasteiger partial charge in [-0.05, 0) is 50.8 Å². The lowest BCUT2D eigenvalue weighted by molar-refractivity contribution is 0.0965. The van der Waals surface area contributed by atoms with Crippen molar-refractivity contribution in [3.63, 3.8) is 0 Å². The van der Waals surface area contributed by atoms with Crippen molar-refractivity contribution in [1.82, 2.24) is 14.3 Å². The highest BCUT2D eigenvalue weighted by molar-refractivity contribution is 9.12. The van der Waals surface area contributed by atoms with Crippen LogP contribution in [0.25, 0.3) is 0 Å². The molecule has 0 bridgehead atoms. The van der Waals surface area contributed by atoms with Crippen molar-refractivity contribution in [2.45, 2.75) is 32.4 Å². The molecule has 106 valence electrons. The highest BCUT2D eigenvalue weighted by Crippen LogP contribution is 2.32. The van der Waals surface area contributed by atoms with Crippen LogP contribution in [-0.2, 0) is 19.5 Å². The maximum atomic E-state index is 12.3. The molecule has 0 unspecified atom stereocenters. The molecule has 5 nitrogen and oxygen atoms in total. The number of hydrogen-bond donors (Lipinski definition) is 0. The van der Waals surface area contributed by atoms with Gasteiger partial charge in [-0.2, -0.15) is 5.10 Å². The van der Waals surface area contributed by atoms with E-state index in [1.165, 1.54) is 16.0 Å². The van der Waals surface area contributed by atoms with Gasteiger partial charge in [0.15, 0.2) is 5.78 Å². The summed E-state index contributed by atoms with van der Waals surface area (Å²) in [5.41, 5.74) is 0.401. The fourth-order valence-corrected chi connectivity index (χ4v) is 5.16. The van der Waals surface area contributed by atoms with E-state index in [4.69, 9.17) is 0 Å². The molecule has 8 heteroatoms. The van der Waals surface area contributed by atoms with Gasteiger partial charge in [0.25, 0.3) is 0 Å². The average molecular weight is 421 g/mol. The normalized spacial score (nSPS) is 14.3. The van der Waals surface area contributed by atoms with Crippen LogP contribution in [0, 0.1) is 0 Å². The van der Waals surface area contributed by atoms with E-state index in [1.54, 1.807) is 10.6 Å². The van der Waals surface area contributed by atoms with Crippen LogP contribution in [0.3, 0.4) is 0 Å². The Bertz CT molecular complexity index is 732. The molecule has 0 atom stereocenters. The summed E-state index contributed by atoms with van der Waals surface area (Å²) in [6.07, 6.45) is 2.85. The summed E-state index contributed by atoms with van der Waals surface area (Å²) in [6.45, 7) is 0.691. The molecule has 0 spiro atoms. The molecule has 20 heavy (non-hydrogen) atoms. The van der Waals surface area contributed by atoms with E-state index in [-0.39, 0.29) is 18.0 Å². The highest BCUT2D eigenvalue weighted by atomic mass is 79.9. The standard InChI is InChI=1S/C12H11Br2N3O2S/c13-9-5-7(11(14)20-9)8(18)6-17-12(19)16-4-2-1-3-10(16)15-17/h5H,1-4,6H2. The van der Waals surface area contributed by atoms with Crippen molar-refractivity contribution in [2.24, 2.45) is 0 Å². The van der Waals surface area contributed by atoms with Crippen LogP contribution in [0.5, 0.6) is 0 Å². The number of thiophene rings is 1. The minimum Gasteiger partial charge on any atom is -0.292 e. The van der Waals surface area contributed by atoms with Gasteiger partial charge in [0.2, 0.25) is 0 Å². The van der Waals surface area contributed by atoms with Gasteiger partial charge in [-0.1, -0.05) is 0 Å². The Labute approximate surface area is 135 Å². The SMILES string of the molecule is O=C(Cn1nc2n(c1=O)CCCC2)c1cc(Br)sc1Br. The number of aromatic nitrogens is 3. The van der Waals surface area contributed by atoms with E-state index in [1.807, 2.05) is 0 Å². The van der Waals surface area contributed by atoms with Crippen LogP contribution >= 0.6 is 43.2 Å². The van der Waals surface area contributed by atoms with Crippen molar-refractivity contribution in [1.29, 1.82) is 0 Å². The smallest absolute Gasteiger partial charge is 0.292 e. The van der Waals surface area contributed by atoms with Crippen molar-refractivity contribution < 1.29 is 4.79 Å². The number of Topliss-reactive ketones (excluding diaryl/α,β-unsaturated/α-hetero) is 1. The quantitative estimate of drug-likeness (QED) is 0.717. The molecule has 1 aliphatic rings. The summed E-state index contributed by atoms with van der Waals surface area (Å²) in [7, 11) is 0. The first kappa shape index (κ1) is 14.2. The molecule has 2 aromatic rings. The third-order valence-electron chi connectivity index (χ3n) is 3.28. The molecular formula is C12H11Br2N3O2S. The molecule has 0 aliphatic carbocycles. The number of halogens is 2. The number of hydrogen-bond acceptors (Lipinski definition) is 4. The lowest BCUT2D eigenvalue weighted by Gasteiger charge is -2.09. The molecule has 0 radical (unpaired) electrons. The van der Waals surface area contributed by atoms with Crippen LogP contribution in [-0.4, -0.2) is 20.1 Å². The largest absolute Gasteiger partial charge is 0.346 e. The second-order valence-electron chi connectivity index (χ2n) is 4.63. The average Bonchev–Trinajstić information content (AvgIpc) is 2.91. The van der Waals surface area contributed by atoms with E-state index < -0.39 is 0 Å². The summed E-state index contributed by atoms with van der Waals surface area (Å²) in [4.78, 5) is 24.4. The number of ketones is 1. The first-order valence-electron chi connectivity index (χ1n) is 6.21. The van der Waals surface area contributed by atoms with E-state index >= 15 is 0 Å². The number of fused-ring (bicyclic) bond motifs is 1. The zero-order valence-electron chi connectivity index (χ0n) is 10.4. The van der Waals surface area contributed by atoms with E-state index in [0.717, 1.165) is 32.7 Å². The van der Waals surface area contributed by atoms with Gasteiger partial charge in [-0.3, -0.25) is 9.36 Å². The van der Waals surface area contributed by atoms with Crippen molar-refractivity contribution >= 4 is 49.0 Å². The second-order valence-corrected chi connectivity index (χ2v) is 8.38. The fourth-order valence-electron chi connectivity index (χ4n) is 2.30. The number of aryl methyl sites for hydroxylation is 1. The summed E-state index contributed by atoms with van der Waals surface area (Å²) >= 11 is 8.15. The van der Waals surface area contributed by atoms with Gasteiger partial charge in [0, 0.05) is 18.5 Å². The first-order valence-corrected chi connectivity index (χ1v) is 8.61. The zero-order chi connectivity index (χ0) is 14.3. The molecule has 0 saturated carbocycles. The Morgan fingerprint density at radius 1 is 1.40 bits per heavy atom. The monoisotopic (exact) mass is 419 g/mol. The molecule has 0 aromatic carbocycles. The van der Waals surface area contributed by atoms with Crippen molar-refractivity contribution in [3.8, 4) is 0 Å². The van der Waals surface area contributed by atoms with Gasteiger partial charge < -0.3 is 0 Å². The van der Waals surface area contributed by atoms with Gasteiger partial charge >= 0.3 is 5.69 Å². The van der Waals surface area contributed by atoms with E-state index in [9.17, 15) is 9.59 Å². The minimum atomic E-state index is -0.182. The molecule has 3 rings (SSSR count). The van der Waals surface area contributed by atoms with Crippen LogP contribution in [0.4, 0.5) is 0 Å². The Morgan fingerprint density at radius 3 is 2.85 bits per heavy atom. The Balaban J connectivity index is 1.88. The Kier molecular flexibility index (Phi) is 3.96. The molecular weight excluding hydrogens is 410 g/mol. The molecule has 0 amide bonds. The van der Waals surface area contributed by atoms with Gasteiger partial charge in [-0.15, -0.1) is 11.3 Å². The number of nitrogens with zero attached hydrogens (tertiary/aromatic N) is 3. The number of carbonyl (C=O) groups excluding carboxylic acids is 1. The highest BCUT2D eigenvalue weighted by Gasteiger charge is 2.20. The topological polar surface area (TPSA) is 56.9 Å². The molecule has 1 aliphatic heterocycles. The zero-order valence-corrected chi connectivity index (χ0v) is 14.4. The molecule has 0 saturated heterocycles. The fraction of sp³-hybridized carbons (Fsp3) is 0.417. The summed E-state index contributed by atoms with van der Waals surface area (Å²) in [5.74, 6) is 0.677. The van der Waals surface area contributed by atoms with Gasteiger partial charge in [0.1, 0.15) is 12.4 Å². The van der Waals surface area contributed by atoms with Gasteiger partial charge in [0.05, 0.1) is 7.57 Å². The maximum Gasteiger partial charge on any atom is 0.346 e. The third kappa shape index (κ3) is 2.56. The van der Waals surface area contributed by atoms with Crippen LogP contribution < -0.4 is 5.69 Å². The first-order chi connectivity index (χ1) is 9.56. The molecule has 0 fully saturated rings. The molecule has 2 aromatic heterocycles. The van der Waals surface area contributed by atoms with E-state index in [0.29, 0.717) is 12.1 Å². The van der Waals surface area contributed by atoms with Crippen molar-refractivity contribution in [2.75, 3.05) is 0 Å². The Morgan fingerprint density at radius 2 is 2.20 bits per heavy atom. The lowest BCUT2D eigenvalue weighted by atomic mass is 10.2. The summed E-state index contributed by atoms with van der Waals surface area (Å²) in [5, 5.41) is 4.27. The minimum absolute atomic E-state index is 0.0133. The third-order valence-corrected chi connectivity index (χ3v) is 5.62. The molecule has 0 N–H and O–H groups in total. The number of carbonyl (C=O) groups is 1. The second kappa shape index (κ2) is 5.57. The Hall–Kier alpha value is -0.730. The number of rotatable bonds is 3. The van der Waals surface area contributed by atoms with Crippen LogP contribution in [0.1, 0.15) is 29.0 Å². The van der Waals surface area contributed by atoms with E-state index in [2.05, 4.69) is 37.0 Å². The predicted octanol–water partition coefficient (Wildman–Crippen LogP) is 2.85. The molecule has 3 heterocycles. The summed E-state index contributed by atoms with van der Waals surface area (Å²) < 4.78 is 4.60. The predicted molar refractivity (Wildman–Crippen MR) is 83.5 cm³/mol. The summed E-state index contributed by atoms with van der Waals surface area (Å²) in [6, 6.07) is 1.76. The van der Waals surface area contributed by atoms with Gasteiger partial charge in [-0.25, -0.2) is 9.48 Å². The maximum absolute atomic E-state index is 12.3.